The quantitative estimate of drug-likeness (QED) is 0.609. The van der Waals surface area contributed by atoms with Gasteiger partial charge in [-0.3, -0.25) is 9.59 Å². The zero-order chi connectivity index (χ0) is 19.2. The first-order chi connectivity index (χ1) is 13.0. The van der Waals surface area contributed by atoms with E-state index in [4.69, 9.17) is 23.2 Å². The number of hydrogen-bond donors (Lipinski definition) is 2. The van der Waals surface area contributed by atoms with Gasteiger partial charge in [0.15, 0.2) is 0 Å². The molecule has 27 heavy (non-hydrogen) atoms. The van der Waals surface area contributed by atoms with Crippen LogP contribution < -0.4 is 10.6 Å². The fraction of sp³-hybridized carbons (Fsp3) is 0.100. The Labute approximate surface area is 171 Å². The molecule has 0 radical (unpaired) electrons. The summed E-state index contributed by atoms with van der Waals surface area (Å²) in [6.45, 7) is -0.138. The van der Waals surface area contributed by atoms with Crippen molar-refractivity contribution in [3.05, 3.63) is 92.1 Å². The van der Waals surface area contributed by atoms with E-state index in [0.717, 1.165) is 10.4 Å². The maximum Gasteiger partial charge on any atom is 0.251 e. The van der Waals surface area contributed by atoms with Crippen LogP contribution in [0.2, 0.25) is 10.0 Å². The third-order valence-corrected chi connectivity index (χ3v) is 5.26. The van der Waals surface area contributed by atoms with Gasteiger partial charge in [-0.1, -0.05) is 47.5 Å². The molecule has 0 aliphatic rings. The fourth-order valence-corrected chi connectivity index (χ4v) is 3.65. The lowest BCUT2D eigenvalue weighted by Gasteiger charge is -2.18. The summed E-state index contributed by atoms with van der Waals surface area (Å²) in [6, 6.07) is 17.4. The van der Waals surface area contributed by atoms with E-state index in [-0.39, 0.29) is 24.4 Å². The summed E-state index contributed by atoms with van der Waals surface area (Å²) in [4.78, 5) is 25.6. The SMILES string of the molecule is O=C(CNC(=O)c1cccc(Cl)c1)NC(c1ccc(Cl)cc1)c1cccs1. The Balaban J connectivity index is 1.66. The van der Waals surface area contributed by atoms with Crippen LogP contribution in [0.15, 0.2) is 66.0 Å². The van der Waals surface area contributed by atoms with Gasteiger partial charge in [0.2, 0.25) is 5.91 Å². The third kappa shape index (κ3) is 5.32. The molecule has 1 unspecified atom stereocenters. The minimum atomic E-state index is -0.355. The monoisotopic (exact) mass is 418 g/mol. The molecule has 2 N–H and O–H groups in total. The molecule has 138 valence electrons. The zero-order valence-corrected chi connectivity index (χ0v) is 16.4. The molecule has 1 atom stereocenters. The van der Waals surface area contributed by atoms with Crippen molar-refractivity contribution in [3.63, 3.8) is 0 Å². The number of benzene rings is 2. The van der Waals surface area contributed by atoms with Crippen LogP contribution in [-0.4, -0.2) is 18.4 Å². The highest BCUT2D eigenvalue weighted by atomic mass is 35.5. The van der Waals surface area contributed by atoms with Crippen molar-refractivity contribution in [2.75, 3.05) is 6.54 Å². The van der Waals surface area contributed by atoms with E-state index in [9.17, 15) is 9.59 Å². The number of carbonyl (C=O) groups excluding carboxylic acids is 2. The van der Waals surface area contributed by atoms with Crippen LogP contribution in [0.4, 0.5) is 0 Å². The molecule has 0 bridgehead atoms. The Bertz CT molecular complexity index is 927. The van der Waals surface area contributed by atoms with Crippen LogP contribution in [-0.2, 0) is 4.79 Å². The van der Waals surface area contributed by atoms with E-state index in [1.54, 1.807) is 47.7 Å². The van der Waals surface area contributed by atoms with Crippen LogP contribution in [0.25, 0.3) is 0 Å². The number of rotatable bonds is 6. The van der Waals surface area contributed by atoms with Crippen molar-refractivity contribution in [1.82, 2.24) is 10.6 Å². The standard InChI is InChI=1S/C20H16Cl2N2O2S/c21-15-8-6-13(7-9-15)19(17-5-2-10-27-17)24-18(25)12-23-20(26)14-3-1-4-16(22)11-14/h1-11,19H,12H2,(H,23,26)(H,24,25). The lowest BCUT2D eigenvalue weighted by Crippen LogP contribution is -2.38. The van der Waals surface area contributed by atoms with Crippen molar-refractivity contribution in [2.24, 2.45) is 0 Å². The predicted octanol–water partition coefficient (Wildman–Crippen LogP) is 4.69. The van der Waals surface area contributed by atoms with E-state index in [2.05, 4.69) is 10.6 Å². The minimum absolute atomic E-state index is 0.138. The maximum absolute atomic E-state index is 12.4. The van der Waals surface area contributed by atoms with Gasteiger partial charge in [0.1, 0.15) is 0 Å². The Hall–Kier alpha value is -2.34. The first kappa shape index (κ1) is 19.4. The summed E-state index contributed by atoms with van der Waals surface area (Å²) in [5.41, 5.74) is 1.32. The van der Waals surface area contributed by atoms with Crippen LogP contribution in [0.5, 0.6) is 0 Å². The van der Waals surface area contributed by atoms with E-state index in [1.807, 2.05) is 29.6 Å². The number of thiophene rings is 1. The summed E-state index contributed by atoms with van der Waals surface area (Å²) >= 11 is 13.4. The van der Waals surface area contributed by atoms with E-state index in [0.29, 0.717) is 15.6 Å². The molecule has 0 saturated carbocycles. The molecule has 3 rings (SSSR count). The number of amides is 2. The molecule has 4 nitrogen and oxygen atoms in total. The first-order valence-electron chi connectivity index (χ1n) is 8.15. The minimum Gasteiger partial charge on any atom is -0.343 e. The first-order valence-corrected chi connectivity index (χ1v) is 9.78. The maximum atomic E-state index is 12.4. The average Bonchev–Trinajstić information content (AvgIpc) is 3.19. The Morgan fingerprint density at radius 3 is 2.41 bits per heavy atom. The predicted molar refractivity (Wildman–Crippen MR) is 110 cm³/mol. The highest BCUT2D eigenvalue weighted by Gasteiger charge is 2.18. The van der Waals surface area contributed by atoms with E-state index >= 15 is 0 Å². The van der Waals surface area contributed by atoms with Crippen molar-refractivity contribution in [1.29, 1.82) is 0 Å². The van der Waals surface area contributed by atoms with Crippen LogP contribution in [0.1, 0.15) is 26.8 Å². The van der Waals surface area contributed by atoms with Gasteiger partial charge in [-0.05, 0) is 47.3 Å². The summed E-state index contributed by atoms with van der Waals surface area (Å²) in [6.07, 6.45) is 0. The summed E-state index contributed by atoms with van der Waals surface area (Å²) in [7, 11) is 0. The van der Waals surface area contributed by atoms with Gasteiger partial charge >= 0.3 is 0 Å². The van der Waals surface area contributed by atoms with Gasteiger partial charge in [-0.15, -0.1) is 11.3 Å². The second kappa shape index (κ2) is 9.04. The van der Waals surface area contributed by atoms with Gasteiger partial charge in [0.05, 0.1) is 12.6 Å². The van der Waals surface area contributed by atoms with Crippen molar-refractivity contribution in [2.45, 2.75) is 6.04 Å². The lowest BCUT2D eigenvalue weighted by molar-refractivity contribution is -0.120. The highest BCUT2D eigenvalue weighted by molar-refractivity contribution is 7.10. The topological polar surface area (TPSA) is 58.2 Å². The van der Waals surface area contributed by atoms with Crippen molar-refractivity contribution in [3.8, 4) is 0 Å². The number of nitrogens with one attached hydrogen (secondary N) is 2. The Morgan fingerprint density at radius 2 is 1.74 bits per heavy atom. The highest BCUT2D eigenvalue weighted by Crippen LogP contribution is 2.27. The summed E-state index contributed by atoms with van der Waals surface area (Å²) in [5, 5.41) is 8.61. The van der Waals surface area contributed by atoms with Gasteiger partial charge in [0.25, 0.3) is 5.91 Å². The van der Waals surface area contributed by atoms with Gasteiger partial charge < -0.3 is 10.6 Å². The number of carbonyl (C=O) groups is 2. The molecule has 0 fully saturated rings. The molecule has 0 saturated heterocycles. The fourth-order valence-electron chi connectivity index (χ4n) is 2.53. The van der Waals surface area contributed by atoms with Crippen LogP contribution in [0, 0.1) is 0 Å². The summed E-state index contributed by atoms with van der Waals surface area (Å²) < 4.78 is 0. The average molecular weight is 419 g/mol. The molecular weight excluding hydrogens is 403 g/mol. The second-order valence-electron chi connectivity index (χ2n) is 5.76. The largest absolute Gasteiger partial charge is 0.343 e. The lowest BCUT2D eigenvalue weighted by atomic mass is 10.1. The van der Waals surface area contributed by atoms with Gasteiger partial charge in [-0.2, -0.15) is 0 Å². The van der Waals surface area contributed by atoms with Crippen molar-refractivity contribution < 1.29 is 9.59 Å². The number of halogens is 2. The smallest absolute Gasteiger partial charge is 0.251 e. The van der Waals surface area contributed by atoms with Gasteiger partial charge in [-0.25, -0.2) is 0 Å². The van der Waals surface area contributed by atoms with Crippen LogP contribution >= 0.6 is 34.5 Å². The molecule has 3 aromatic rings. The molecular formula is C20H16Cl2N2O2S. The normalized spacial score (nSPS) is 11.6. The van der Waals surface area contributed by atoms with Crippen molar-refractivity contribution >= 4 is 46.4 Å². The molecule has 7 heteroatoms. The molecule has 0 spiro atoms. The summed E-state index contributed by atoms with van der Waals surface area (Å²) in [5.74, 6) is -0.648. The Morgan fingerprint density at radius 1 is 0.963 bits per heavy atom. The molecule has 2 aromatic carbocycles. The third-order valence-electron chi connectivity index (χ3n) is 3.83. The van der Waals surface area contributed by atoms with E-state index < -0.39 is 0 Å². The molecule has 0 aliphatic heterocycles. The van der Waals surface area contributed by atoms with Crippen LogP contribution in [0.3, 0.4) is 0 Å². The Kier molecular flexibility index (Phi) is 6.50. The second-order valence-corrected chi connectivity index (χ2v) is 7.61. The zero-order valence-electron chi connectivity index (χ0n) is 14.1. The molecule has 2 amide bonds. The molecule has 1 aromatic heterocycles. The van der Waals surface area contributed by atoms with Gasteiger partial charge in [0, 0.05) is 20.5 Å². The van der Waals surface area contributed by atoms with E-state index in [1.165, 1.54) is 0 Å². The molecule has 1 heterocycles. The number of hydrogen-bond acceptors (Lipinski definition) is 3. The molecule has 0 aliphatic carbocycles.